The van der Waals surface area contributed by atoms with Crippen molar-refractivity contribution in [3.63, 3.8) is 0 Å². The lowest BCUT2D eigenvalue weighted by molar-refractivity contribution is 0.0659. The van der Waals surface area contributed by atoms with Crippen LogP contribution in [-0.4, -0.2) is 16.1 Å². The summed E-state index contributed by atoms with van der Waals surface area (Å²) in [5.41, 5.74) is 0.875. The topological polar surface area (TPSA) is 63.3 Å². The van der Waals surface area contributed by atoms with Gasteiger partial charge in [0.05, 0.1) is 3.79 Å². The van der Waals surface area contributed by atoms with Gasteiger partial charge in [-0.2, -0.15) is 0 Å². The highest BCUT2D eigenvalue weighted by molar-refractivity contribution is 9.11. The third-order valence-electron chi connectivity index (χ3n) is 2.35. The van der Waals surface area contributed by atoms with Crippen molar-refractivity contribution >= 4 is 33.2 Å². The van der Waals surface area contributed by atoms with Gasteiger partial charge in [0.2, 0.25) is 11.7 Å². The number of carboxylic acid groups (broad SMARTS) is 1. The van der Waals surface area contributed by atoms with Gasteiger partial charge in [0.25, 0.3) is 0 Å². The maximum Gasteiger partial charge on any atom is 0.373 e. The first-order chi connectivity index (χ1) is 8.29. The van der Waals surface area contributed by atoms with Gasteiger partial charge in [-0.3, -0.25) is 0 Å². The second kappa shape index (κ2) is 4.51. The minimum absolute atomic E-state index is 0.0835. The standard InChI is InChI=1S/C12H12BrNO3S/c1-12(2,3)9-8(11(15)16)17-10(14-9)6-4-7(13)18-5-6/h4-5H,1-3H3,(H,15,16). The first kappa shape index (κ1) is 13.3. The molecule has 0 bridgehead atoms. The number of thiophene rings is 1. The fourth-order valence-corrected chi connectivity index (χ4v) is 2.65. The van der Waals surface area contributed by atoms with Crippen LogP contribution in [0.25, 0.3) is 11.5 Å². The van der Waals surface area contributed by atoms with Gasteiger partial charge in [0.15, 0.2) is 0 Å². The van der Waals surface area contributed by atoms with Crippen LogP contribution in [0.1, 0.15) is 37.0 Å². The largest absolute Gasteiger partial charge is 0.475 e. The van der Waals surface area contributed by atoms with Crippen molar-refractivity contribution in [3.05, 3.63) is 26.7 Å². The molecule has 0 saturated heterocycles. The van der Waals surface area contributed by atoms with Crippen molar-refractivity contribution in [1.29, 1.82) is 0 Å². The third kappa shape index (κ3) is 2.49. The minimum Gasteiger partial charge on any atom is -0.475 e. The molecule has 0 aliphatic heterocycles. The molecule has 0 atom stereocenters. The third-order valence-corrected chi connectivity index (χ3v) is 3.85. The summed E-state index contributed by atoms with van der Waals surface area (Å²) in [4.78, 5) is 15.5. The maximum atomic E-state index is 11.2. The zero-order valence-electron chi connectivity index (χ0n) is 10.2. The zero-order chi connectivity index (χ0) is 13.5. The van der Waals surface area contributed by atoms with E-state index in [-0.39, 0.29) is 11.2 Å². The predicted octanol–water partition coefficient (Wildman–Crippen LogP) is 4.16. The molecule has 2 aromatic rings. The number of halogens is 1. The summed E-state index contributed by atoms with van der Waals surface area (Å²) in [6, 6.07) is 1.86. The molecular weight excluding hydrogens is 318 g/mol. The van der Waals surface area contributed by atoms with E-state index >= 15 is 0 Å². The molecule has 6 heteroatoms. The maximum absolute atomic E-state index is 11.2. The second-order valence-electron chi connectivity index (χ2n) is 4.89. The SMILES string of the molecule is CC(C)(C)c1nc(-c2csc(Br)c2)oc1C(=O)O. The Morgan fingerprint density at radius 3 is 2.56 bits per heavy atom. The number of aromatic nitrogens is 1. The Morgan fingerprint density at radius 2 is 2.17 bits per heavy atom. The molecule has 0 radical (unpaired) electrons. The first-order valence-corrected chi connectivity index (χ1v) is 6.95. The van der Waals surface area contributed by atoms with E-state index in [4.69, 9.17) is 9.52 Å². The van der Waals surface area contributed by atoms with Crippen LogP contribution >= 0.6 is 27.3 Å². The number of hydrogen-bond donors (Lipinski definition) is 1. The number of carbonyl (C=O) groups is 1. The van der Waals surface area contributed by atoms with Crippen LogP contribution in [0.4, 0.5) is 0 Å². The van der Waals surface area contributed by atoms with Gasteiger partial charge in [-0.1, -0.05) is 20.8 Å². The number of nitrogens with zero attached hydrogens (tertiary/aromatic N) is 1. The molecule has 18 heavy (non-hydrogen) atoms. The lowest BCUT2D eigenvalue weighted by Gasteiger charge is -2.14. The summed E-state index contributed by atoms with van der Waals surface area (Å²) in [5.74, 6) is -0.827. The molecule has 0 aliphatic carbocycles. The summed E-state index contributed by atoms with van der Waals surface area (Å²) < 4.78 is 6.33. The van der Waals surface area contributed by atoms with E-state index in [1.54, 1.807) is 0 Å². The number of rotatable bonds is 2. The fraction of sp³-hybridized carbons (Fsp3) is 0.333. The molecule has 2 aromatic heterocycles. The van der Waals surface area contributed by atoms with Gasteiger partial charge in [-0.15, -0.1) is 11.3 Å². The van der Waals surface area contributed by atoms with Crippen molar-refractivity contribution in [2.24, 2.45) is 0 Å². The quantitative estimate of drug-likeness (QED) is 0.898. The van der Waals surface area contributed by atoms with Crippen molar-refractivity contribution in [2.75, 3.05) is 0 Å². The Morgan fingerprint density at radius 1 is 1.50 bits per heavy atom. The Bertz CT molecular complexity index is 595. The van der Waals surface area contributed by atoms with Crippen molar-refractivity contribution in [2.45, 2.75) is 26.2 Å². The smallest absolute Gasteiger partial charge is 0.373 e. The lowest BCUT2D eigenvalue weighted by Crippen LogP contribution is -2.16. The highest BCUT2D eigenvalue weighted by atomic mass is 79.9. The van der Waals surface area contributed by atoms with E-state index in [0.29, 0.717) is 11.6 Å². The fourth-order valence-electron chi connectivity index (χ4n) is 1.52. The molecule has 0 spiro atoms. The van der Waals surface area contributed by atoms with Crippen LogP contribution in [0.3, 0.4) is 0 Å². The number of hydrogen-bond acceptors (Lipinski definition) is 4. The van der Waals surface area contributed by atoms with E-state index < -0.39 is 5.97 Å². The Labute approximate surface area is 117 Å². The molecule has 96 valence electrons. The predicted molar refractivity (Wildman–Crippen MR) is 73.2 cm³/mol. The Balaban J connectivity index is 2.56. The van der Waals surface area contributed by atoms with Gasteiger partial charge in [-0.05, 0) is 22.0 Å². The van der Waals surface area contributed by atoms with E-state index in [2.05, 4.69) is 20.9 Å². The molecule has 0 aromatic carbocycles. The highest BCUT2D eigenvalue weighted by Crippen LogP contribution is 2.33. The summed E-state index contributed by atoms with van der Waals surface area (Å²) in [6.45, 7) is 5.72. The van der Waals surface area contributed by atoms with Crippen LogP contribution < -0.4 is 0 Å². The molecule has 0 unspecified atom stereocenters. The number of carboxylic acids is 1. The van der Waals surface area contributed by atoms with Gasteiger partial charge in [0, 0.05) is 16.4 Å². The van der Waals surface area contributed by atoms with Crippen molar-refractivity contribution in [3.8, 4) is 11.5 Å². The lowest BCUT2D eigenvalue weighted by atomic mass is 9.91. The molecule has 0 amide bonds. The van der Waals surface area contributed by atoms with Crippen LogP contribution in [-0.2, 0) is 5.41 Å². The van der Waals surface area contributed by atoms with E-state index in [1.807, 2.05) is 32.2 Å². The van der Waals surface area contributed by atoms with E-state index in [9.17, 15) is 4.79 Å². The van der Waals surface area contributed by atoms with Gasteiger partial charge in [-0.25, -0.2) is 9.78 Å². The van der Waals surface area contributed by atoms with Crippen molar-refractivity contribution in [1.82, 2.24) is 4.98 Å². The van der Waals surface area contributed by atoms with Crippen LogP contribution in [0, 0.1) is 0 Å². The normalized spacial score (nSPS) is 11.8. The van der Waals surface area contributed by atoms with Gasteiger partial charge < -0.3 is 9.52 Å². The van der Waals surface area contributed by atoms with Crippen LogP contribution in [0.15, 0.2) is 19.6 Å². The summed E-state index contributed by atoms with van der Waals surface area (Å²) in [6.07, 6.45) is 0. The average molecular weight is 330 g/mol. The number of aromatic carboxylic acids is 1. The number of oxazole rings is 1. The Kier molecular flexibility index (Phi) is 3.33. The van der Waals surface area contributed by atoms with Crippen LogP contribution in [0.5, 0.6) is 0 Å². The van der Waals surface area contributed by atoms with Crippen LogP contribution in [0.2, 0.25) is 0 Å². The average Bonchev–Trinajstić information content (AvgIpc) is 2.81. The zero-order valence-corrected chi connectivity index (χ0v) is 12.6. The van der Waals surface area contributed by atoms with Crippen molar-refractivity contribution < 1.29 is 14.3 Å². The molecule has 1 N–H and O–H groups in total. The molecule has 0 saturated carbocycles. The second-order valence-corrected chi connectivity index (χ2v) is 7.18. The Hall–Kier alpha value is -1.14. The minimum atomic E-state index is -1.09. The highest BCUT2D eigenvalue weighted by Gasteiger charge is 2.29. The molecule has 2 rings (SSSR count). The van der Waals surface area contributed by atoms with Gasteiger partial charge >= 0.3 is 5.97 Å². The molecular formula is C12H12BrNO3S. The first-order valence-electron chi connectivity index (χ1n) is 5.28. The summed E-state index contributed by atoms with van der Waals surface area (Å²) >= 11 is 4.86. The monoisotopic (exact) mass is 329 g/mol. The van der Waals surface area contributed by atoms with Gasteiger partial charge in [0.1, 0.15) is 5.69 Å². The molecule has 0 fully saturated rings. The summed E-state index contributed by atoms with van der Waals surface area (Å²) in [7, 11) is 0. The van der Waals surface area contributed by atoms with E-state index in [0.717, 1.165) is 9.35 Å². The molecule has 4 nitrogen and oxygen atoms in total. The van der Waals surface area contributed by atoms with E-state index in [1.165, 1.54) is 11.3 Å². The molecule has 0 aliphatic rings. The molecule has 2 heterocycles. The summed E-state index contributed by atoms with van der Waals surface area (Å²) in [5, 5.41) is 11.0.